The van der Waals surface area contributed by atoms with E-state index in [-0.39, 0.29) is 18.1 Å². The average Bonchev–Trinajstić information content (AvgIpc) is 3.25. The van der Waals surface area contributed by atoms with Crippen LogP contribution in [0.3, 0.4) is 0 Å². The van der Waals surface area contributed by atoms with Crippen LogP contribution in [0, 0.1) is 0 Å². The van der Waals surface area contributed by atoms with Gasteiger partial charge in [-0.15, -0.1) is 0 Å². The maximum atomic E-state index is 12.3. The van der Waals surface area contributed by atoms with Crippen LogP contribution in [0.5, 0.6) is 0 Å². The van der Waals surface area contributed by atoms with E-state index in [9.17, 15) is 4.79 Å². The molecular weight excluding hydrogens is 296 g/mol. The van der Waals surface area contributed by atoms with Crippen LogP contribution >= 0.6 is 0 Å². The van der Waals surface area contributed by atoms with Crippen LogP contribution in [0.25, 0.3) is 0 Å². The van der Waals surface area contributed by atoms with Gasteiger partial charge in [0.25, 0.3) is 0 Å². The number of furan rings is 1. The second-order valence-electron chi connectivity index (χ2n) is 5.69. The number of hydrogen-bond acceptors (Lipinski definition) is 5. The topological polar surface area (TPSA) is 72.5 Å². The Labute approximate surface area is 135 Å². The fourth-order valence-corrected chi connectivity index (χ4v) is 2.72. The van der Waals surface area contributed by atoms with Crippen molar-refractivity contribution in [3.05, 3.63) is 42.6 Å². The van der Waals surface area contributed by atoms with E-state index in [2.05, 4.69) is 15.3 Å². The van der Waals surface area contributed by atoms with Gasteiger partial charge in [0, 0.05) is 25.5 Å². The van der Waals surface area contributed by atoms with Gasteiger partial charge in [0.2, 0.25) is 5.91 Å². The molecule has 2 aromatic heterocycles. The number of carbonyl (C=O) groups is 1. The van der Waals surface area contributed by atoms with Gasteiger partial charge in [-0.2, -0.15) is 5.10 Å². The van der Waals surface area contributed by atoms with Gasteiger partial charge in [-0.1, -0.05) is 0 Å². The second-order valence-corrected chi connectivity index (χ2v) is 5.69. The molecule has 1 N–H and O–H groups in total. The third-order valence-corrected chi connectivity index (χ3v) is 4.06. The van der Waals surface area contributed by atoms with Crippen molar-refractivity contribution in [2.75, 3.05) is 19.7 Å². The minimum absolute atomic E-state index is 0.00105. The highest BCUT2D eigenvalue weighted by molar-refractivity contribution is 5.81. The number of ether oxygens (including phenoxy) is 1. The zero-order valence-electron chi connectivity index (χ0n) is 13.2. The Balaban J connectivity index is 1.49. The summed E-state index contributed by atoms with van der Waals surface area (Å²) >= 11 is 0. The van der Waals surface area contributed by atoms with E-state index in [0.717, 1.165) is 18.8 Å². The summed E-state index contributed by atoms with van der Waals surface area (Å²) in [6, 6.07) is 5.35. The van der Waals surface area contributed by atoms with Crippen LogP contribution in [0.1, 0.15) is 12.7 Å². The van der Waals surface area contributed by atoms with E-state index in [1.165, 1.54) is 0 Å². The standard InChI is InChI=1S/C16H22N4O3/c1-13(16(21)17-10-14-4-2-8-22-14)19-7-9-23-15(11-19)12-20-6-3-5-18-20/h2-6,8,13,15H,7,9-12H2,1H3,(H,17,21)/t13-,15+/m1/s1. The van der Waals surface area contributed by atoms with Crippen molar-refractivity contribution in [1.82, 2.24) is 20.0 Å². The Morgan fingerprint density at radius 2 is 2.43 bits per heavy atom. The van der Waals surface area contributed by atoms with Crippen LogP contribution < -0.4 is 5.32 Å². The number of carbonyl (C=O) groups excluding carboxylic acids is 1. The molecule has 1 amide bonds. The van der Waals surface area contributed by atoms with Gasteiger partial charge in [-0.3, -0.25) is 14.4 Å². The molecule has 3 heterocycles. The summed E-state index contributed by atoms with van der Waals surface area (Å²) < 4.78 is 12.9. The molecule has 1 saturated heterocycles. The maximum absolute atomic E-state index is 12.3. The molecule has 0 spiro atoms. The van der Waals surface area contributed by atoms with Crippen LogP contribution in [0.15, 0.2) is 41.3 Å². The van der Waals surface area contributed by atoms with Crippen molar-refractivity contribution in [2.24, 2.45) is 0 Å². The first kappa shape index (κ1) is 15.8. The average molecular weight is 318 g/mol. The first-order valence-electron chi connectivity index (χ1n) is 7.85. The molecular formula is C16H22N4O3. The SMILES string of the molecule is C[C@H](C(=O)NCc1ccco1)N1CCO[C@H](Cn2cccn2)C1. The van der Waals surface area contributed by atoms with Gasteiger partial charge >= 0.3 is 0 Å². The fraction of sp³-hybridized carbons (Fsp3) is 0.500. The summed E-state index contributed by atoms with van der Waals surface area (Å²) in [5.41, 5.74) is 0. The normalized spacial score (nSPS) is 20.3. The monoisotopic (exact) mass is 318 g/mol. The first-order valence-corrected chi connectivity index (χ1v) is 7.85. The molecule has 1 fully saturated rings. The minimum Gasteiger partial charge on any atom is -0.467 e. The minimum atomic E-state index is -0.200. The number of nitrogens with one attached hydrogen (secondary N) is 1. The Hall–Kier alpha value is -2.12. The van der Waals surface area contributed by atoms with Gasteiger partial charge < -0.3 is 14.5 Å². The Morgan fingerprint density at radius 1 is 1.52 bits per heavy atom. The van der Waals surface area contributed by atoms with Crippen LogP contribution in [-0.2, 0) is 22.6 Å². The molecule has 7 nitrogen and oxygen atoms in total. The van der Waals surface area contributed by atoms with Crippen LogP contribution in [0.4, 0.5) is 0 Å². The molecule has 0 unspecified atom stereocenters. The fourth-order valence-electron chi connectivity index (χ4n) is 2.72. The van der Waals surface area contributed by atoms with Gasteiger partial charge in [-0.05, 0) is 25.1 Å². The van der Waals surface area contributed by atoms with E-state index in [0.29, 0.717) is 19.7 Å². The molecule has 3 rings (SSSR count). The van der Waals surface area contributed by atoms with E-state index in [1.807, 2.05) is 36.0 Å². The van der Waals surface area contributed by atoms with Crippen molar-refractivity contribution >= 4 is 5.91 Å². The van der Waals surface area contributed by atoms with Crippen molar-refractivity contribution in [3.8, 4) is 0 Å². The highest BCUT2D eigenvalue weighted by atomic mass is 16.5. The highest BCUT2D eigenvalue weighted by Gasteiger charge is 2.28. The van der Waals surface area contributed by atoms with E-state index >= 15 is 0 Å². The zero-order valence-corrected chi connectivity index (χ0v) is 13.2. The quantitative estimate of drug-likeness (QED) is 0.856. The third-order valence-electron chi connectivity index (χ3n) is 4.06. The summed E-state index contributed by atoms with van der Waals surface area (Å²) in [5.74, 6) is 0.755. The molecule has 0 bridgehead atoms. The molecule has 1 aliphatic rings. The predicted octanol–water partition coefficient (Wildman–Crippen LogP) is 0.882. The third kappa shape index (κ3) is 4.20. The molecule has 0 saturated carbocycles. The number of aromatic nitrogens is 2. The van der Waals surface area contributed by atoms with Crippen molar-refractivity contribution in [1.29, 1.82) is 0 Å². The molecule has 1 aliphatic heterocycles. The molecule has 7 heteroatoms. The van der Waals surface area contributed by atoms with Gasteiger partial charge in [0.05, 0.1) is 38.1 Å². The highest BCUT2D eigenvalue weighted by Crippen LogP contribution is 2.11. The second kappa shape index (κ2) is 7.43. The van der Waals surface area contributed by atoms with Gasteiger partial charge in [-0.25, -0.2) is 0 Å². The summed E-state index contributed by atoms with van der Waals surface area (Å²) in [5, 5.41) is 7.11. The molecule has 23 heavy (non-hydrogen) atoms. The lowest BCUT2D eigenvalue weighted by molar-refractivity contribution is -0.129. The first-order chi connectivity index (χ1) is 11.2. The molecule has 2 aromatic rings. The number of morpholine rings is 1. The smallest absolute Gasteiger partial charge is 0.237 e. The number of amides is 1. The Bertz CT molecular complexity index is 597. The van der Waals surface area contributed by atoms with Crippen LogP contribution in [-0.4, -0.2) is 52.4 Å². The molecule has 0 aliphatic carbocycles. The van der Waals surface area contributed by atoms with Gasteiger partial charge in [0.15, 0.2) is 0 Å². The summed E-state index contributed by atoms with van der Waals surface area (Å²) in [7, 11) is 0. The van der Waals surface area contributed by atoms with Crippen LogP contribution in [0.2, 0.25) is 0 Å². The number of nitrogens with zero attached hydrogens (tertiary/aromatic N) is 3. The molecule has 0 aromatic carbocycles. The maximum Gasteiger partial charge on any atom is 0.237 e. The molecule has 0 radical (unpaired) electrons. The van der Waals surface area contributed by atoms with E-state index < -0.39 is 0 Å². The largest absolute Gasteiger partial charge is 0.467 e. The zero-order chi connectivity index (χ0) is 16.1. The molecule has 2 atom stereocenters. The Kier molecular flexibility index (Phi) is 5.09. The lowest BCUT2D eigenvalue weighted by Crippen LogP contribution is -2.52. The van der Waals surface area contributed by atoms with Crippen molar-refractivity contribution < 1.29 is 13.9 Å². The summed E-state index contributed by atoms with van der Waals surface area (Å²) in [6.07, 6.45) is 5.32. The van der Waals surface area contributed by atoms with Crippen molar-refractivity contribution in [3.63, 3.8) is 0 Å². The van der Waals surface area contributed by atoms with Gasteiger partial charge in [0.1, 0.15) is 5.76 Å². The molecule has 124 valence electrons. The summed E-state index contributed by atoms with van der Waals surface area (Å²) in [6.45, 7) is 5.14. The number of hydrogen-bond donors (Lipinski definition) is 1. The van der Waals surface area contributed by atoms with Crippen molar-refractivity contribution in [2.45, 2.75) is 32.2 Å². The lowest BCUT2D eigenvalue weighted by Gasteiger charge is -2.36. The summed E-state index contributed by atoms with van der Waals surface area (Å²) in [4.78, 5) is 14.5. The van der Waals surface area contributed by atoms with E-state index in [4.69, 9.17) is 9.15 Å². The lowest BCUT2D eigenvalue weighted by atomic mass is 10.2. The number of rotatable bonds is 6. The predicted molar refractivity (Wildman–Crippen MR) is 83.6 cm³/mol. The van der Waals surface area contributed by atoms with E-state index in [1.54, 1.807) is 12.5 Å². The Morgan fingerprint density at radius 3 is 3.17 bits per heavy atom.